The van der Waals surface area contributed by atoms with Crippen molar-refractivity contribution < 1.29 is 0 Å². The van der Waals surface area contributed by atoms with Crippen molar-refractivity contribution in [2.24, 2.45) is 4.99 Å². The van der Waals surface area contributed by atoms with Crippen LogP contribution in [0.3, 0.4) is 0 Å². The molecule has 0 amide bonds. The first-order valence-electron chi connectivity index (χ1n) is 4.11. The molecule has 0 heterocycles. The monoisotopic (exact) mass is 162 g/mol. The summed E-state index contributed by atoms with van der Waals surface area (Å²) in [6.07, 6.45) is 0. The molecule has 0 aromatic heterocycles. The summed E-state index contributed by atoms with van der Waals surface area (Å²) in [5.41, 5.74) is 8.57. The van der Waals surface area contributed by atoms with Crippen molar-refractivity contribution in [3.63, 3.8) is 0 Å². The number of benzene rings is 1. The maximum Gasteiger partial charge on any atom is 0.0389 e. The molecule has 0 saturated carbocycles. The van der Waals surface area contributed by atoms with Crippen molar-refractivity contribution >= 4 is 11.4 Å². The van der Waals surface area contributed by atoms with Gasteiger partial charge in [0.25, 0.3) is 0 Å². The van der Waals surface area contributed by atoms with Crippen LogP contribution in [0.4, 0.5) is 5.69 Å². The van der Waals surface area contributed by atoms with Crippen molar-refractivity contribution in [3.05, 3.63) is 29.8 Å². The van der Waals surface area contributed by atoms with E-state index in [2.05, 4.69) is 4.99 Å². The van der Waals surface area contributed by atoms with Gasteiger partial charge in [0.1, 0.15) is 0 Å². The molecule has 0 spiro atoms. The minimum absolute atomic E-state index is 0.794. The number of hydrogen-bond donors (Lipinski definition) is 1. The summed E-state index contributed by atoms with van der Waals surface area (Å²) in [7, 11) is 0. The SMILES string of the molecule is CC/N=C(/C)c1ccc(N)cc1. The predicted molar refractivity (Wildman–Crippen MR) is 53.6 cm³/mol. The molecule has 12 heavy (non-hydrogen) atoms. The lowest BCUT2D eigenvalue weighted by Crippen LogP contribution is -1.95. The minimum Gasteiger partial charge on any atom is -0.399 e. The van der Waals surface area contributed by atoms with Crippen molar-refractivity contribution in [1.29, 1.82) is 0 Å². The average molecular weight is 162 g/mol. The van der Waals surface area contributed by atoms with Gasteiger partial charge in [0.2, 0.25) is 0 Å². The molecule has 2 nitrogen and oxygen atoms in total. The first-order chi connectivity index (χ1) is 5.74. The molecule has 1 aromatic carbocycles. The summed E-state index contributed by atoms with van der Waals surface area (Å²) < 4.78 is 0. The van der Waals surface area contributed by atoms with E-state index in [9.17, 15) is 0 Å². The number of nitrogen functional groups attached to an aromatic ring is 1. The molecule has 0 saturated heterocycles. The molecule has 1 rings (SSSR count). The second-order valence-electron chi connectivity index (χ2n) is 2.68. The van der Waals surface area contributed by atoms with E-state index < -0.39 is 0 Å². The molecule has 0 radical (unpaired) electrons. The van der Waals surface area contributed by atoms with E-state index in [1.54, 1.807) is 0 Å². The fourth-order valence-corrected chi connectivity index (χ4v) is 1.05. The average Bonchev–Trinajstić information content (AvgIpc) is 2.06. The van der Waals surface area contributed by atoms with Crippen LogP contribution in [0.15, 0.2) is 29.3 Å². The van der Waals surface area contributed by atoms with Gasteiger partial charge in [-0.1, -0.05) is 12.1 Å². The number of aliphatic imine (C=N–C) groups is 1. The van der Waals surface area contributed by atoms with Gasteiger partial charge in [-0.05, 0) is 31.5 Å². The lowest BCUT2D eigenvalue weighted by Gasteiger charge is -1.99. The Morgan fingerprint density at radius 3 is 2.42 bits per heavy atom. The van der Waals surface area contributed by atoms with Gasteiger partial charge in [0, 0.05) is 17.9 Å². The van der Waals surface area contributed by atoms with Crippen LogP contribution in [0.2, 0.25) is 0 Å². The van der Waals surface area contributed by atoms with Crippen molar-refractivity contribution in [1.82, 2.24) is 0 Å². The fourth-order valence-electron chi connectivity index (χ4n) is 1.05. The second kappa shape index (κ2) is 3.90. The van der Waals surface area contributed by atoms with Gasteiger partial charge in [0.15, 0.2) is 0 Å². The van der Waals surface area contributed by atoms with E-state index in [-0.39, 0.29) is 0 Å². The maximum atomic E-state index is 5.56. The topological polar surface area (TPSA) is 38.4 Å². The third-order valence-electron chi connectivity index (χ3n) is 1.72. The molecule has 0 aliphatic carbocycles. The van der Waals surface area contributed by atoms with Gasteiger partial charge < -0.3 is 5.73 Å². The Kier molecular flexibility index (Phi) is 2.86. The Balaban J connectivity index is 2.89. The van der Waals surface area contributed by atoms with Gasteiger partial charge in [-0.15, -0.1) is 0 Å². The summed E-state index contributed by atoms with van der Waals surface area (Å²) >= 11 is 0. The van der Waals surface area contributed by atoms with Gasteiger partial charge >= 0.3 is 0 Å². The first kappa shape index (κ1) is 8.78. The van der Waals surface area contributed by atoms with Crippen molar-refractivity contribution in [2.45, 2.75) is 13.8 Å². The van der Waals surface area contributed by atoms with E-state index in [0.717, 1.165) is 23.5 Å². The third-order valence-corrected chi connectivity index (χ3v) is 1.72. The van der Waals surface area contributed by atoms with Gasteiger partial charge in [-0.3, -0.25) is 4.99 Å². The summed E-state index contributed by atoms with van der Waals surface area (Å²) in [6.45, 7) is 4.87. The molecule has 0 unspecified atom stereocenters. The Labute approximate surface area is 73.1 Å². The normalized spacial score (nSPS) is 11.7. The van der Waals surface area contributed by atoms with Crippen LogP contribution < -0.4 is 5.73 Å². The zero-order chi connectivity index (χ0) is 8.97. The number of rotatable bonds is 2. The molecule has 2 heteroatoms. The lowest BCUT2D eigenvalue weighted by molar-refractivity contribution is 1.13. The van der Waals surface area contributed by atoms with Crippen LogP contribution in [0.25, 0.3) is 0 Å². The maximum absolute atomic E-state index is 5.56. The first-order valence-corrected chi connectivity index (χ1v) is 4.11. The largest absolute Gasteiger partial charge is 0.399 e. The van der Waals surface area contributed by atoms with Crippen LogP contribution in [-0.4, -0.2) is 12.3 Å². The zero-order valence-corrected chi connectivity index (χ0v) is 7.54. The van der Waals surface area contributed by atoms with Gasteiger partial charge in [0.05, 0.1) is 0 Å². The minimum atomic E-state index is 0.794. The Morgan fingerprint density at radius 2 is 1.92 bits per heavy atom. The Bertz CT molecular complexity index is 272. The smallest absolute Gasteiger partial charge is 0.0389 e. The summed E-state index contributed by atoms with van der Waals surface area (Å²) in [5.74, 6) is 0. The Morgan fingerprint density at radius 1 is 1.33 bits per heavy atom. The van der Waals surface area contributed by atoms with Gasteiger partial charge in [-0.2, -0.15) is 0 Å². The highest BCUT2D eigenvalue weighted by atomic mass is 14.7. The molecule has 0 fully saturated rings. The quantitative estimate of drug-likeness (QED) is 0.525. The summed E-state index contributed by atoms with van der Waals surface area (Å²) in [6, 6.07) is 7.77. The van der Waals surface area contributed by atoms with E-state index in [1.165, 1.54) is 0 Å². The van der Waals surface area contributed by atoms with E-state index in [4.69, 9.17) is 5.73 Å². The number of anilines is 1. The van der Waals surface area contributed by atoms with Gasteiger partial charge in [-0.25, -0.2) is 0 Å². The van der Waals surface area contributed by atoms with Crippen LogP contribution in [0.1, 0.15) is 19.4 Å². The van der Waals surface area contributed by atoms with Crippen molar-refractivity contribution in [2.75, 3.05) is 12.3 Å². The third kappa shape index (κ3) is 2.09. The molecule has 0 bridgehead atoms. The molecule has 1 aromatic rings. The van der Waals surface area contributed by atoms with Crippen LogP contribution in [0.5, 0.6) is 0 Å². The summed E-state index contributed by atoms with van der Waals surface area (Å²) in [5, 5.41) is 0. The second-order valence-corrected chi connectivity index (χ2v) is 2.68. The van der Waals surface area contributed by atoms with Crippen LogP contribution >= 0.6 is 0 Å². The van der Waals surface area contributed by atoms with Crippen LogP contribution in [0, 0.1) is 0 Å². The zero-order valence-electron chi connectivity index (χ0n) is 7.54. The molecular weight excluding hydrogens is 148 g/mol. The summed E-state index contributed by atoms with van der Waals surface area (Å²) in [4.78, 5) is 4.30. The molecule has 0 atom stereocenters. The van der Waals surface area contributed by atoms with Crippen molar-refractivity contribution in [3.8, 4) is 0 Å². The van der Waals surface area contributed by atoms with Crippen LogP contribution in [-0.2, 0) is 0 Å². The molecule has 0 aliphatic rings. The number of hydrogen-bond acceptors (Lipinski definition) is 2. The number of nitrogens with two attached hydrogens (primary N) is 1. The van der Waals surface area contributed by atoms with E-state index in [0.29, 0.717) is 0 Å². The fraction of sp³-hybridized carbons (Fsp3) is 0.300. The molecule has 0 aliphatic heterocycles. The molecule has 64 valence electrons. The van der Waals surface area contributed by atoms with E-state index >= 15 is 0 Å². The lowest BCUT2D eigenvalue weighted by atomic mass is 10.1. The highest BCUT2D eigenvalue weighted by Crippen LogP contribution is 2.06. The van der Waals surface area contributed by atoms with E-state index in [1.807, 2.05) is 38.1 Å². The standard InChI is InChI=1S/C10H14N2/c1-3-12-8(2)9-4-6-10(11)7-5-9/h4-7H,3,11H2,1-2H3/b12-8-. The predicted octanol–water partition coefficient (Wildman–Crippen LogP) is 2.10. The highest BCUT2D eigenvalue weighted by Gasteiger charge is 1.94. The number of nitrogens with zero attached hydrogens (tertiary/aromatic N) is 1. The molecule has 2 N–H and O–H groups in total. The Hall–Kier alpha value is -1.31. The molecular formula is C10H14N2. The highest BCUT2D eigenvalue weighted by molar-refractivity contribution is 5.98.